The Labute approximate surface area is 74.2 Å². The van der Waals surface area contributed by atoms with Gasteiger partial charge in [-0.2, -0.15) is 0 Å². The summed E-state index contributed by atoms with van der Waals surface area (Å²) in [5, 5.41) is 20.9. The van der Waals surface area contributed by atoms with Crippen LogP contribution in [0.4, 0.5) is 0 Å². The SMILES string of the molecule is OB(O)c1cccc2sccc12. The maximum Gasteiger partial charge on any atom is 0.489 e. The summed E-state index contributed by atoms with van der Waals surface area (Å²) in [6.07, 6.45) is 0. The summed E-state index contributed by atoms with van der Waals surface area (Å²) in [7, 11) is -1.37. The molecule has 1 heterocycles. The Morgan fingerprint density at radius 2 is 2.00 bits per heavy atom. The monoisotopic (exact) mass is 178 g/mol. The molecule has 2 nitrogen and oxygen atoms in total. The van der Waals surface area contributed by atoms with E-state index in [1.807, 2.05) is 23.6 Å². The van der Waals surface area contributed by atoms with Crippen molar-refractivity contribution in [2.24, 2.45) is 0 Å². The lowest BCUT2D eigenvalue weighted by Crippen LogP contribution is -2.29. The number of benzene rings is 1. The number of fused-ring (bicyclic) bond motifs is 1. The third kappa shape index (κ3) is 1.14. The average molecular weight is 178 g/mol. The molecule has 0 radical (unpaired) electrons. The van der Waals surface area contributed by atoms with Gasteiger partial charge in [-0.1, -0.05) is 12.1 Å². The fraction of sp³-hybridized carbons (Fsp3) is 0. The summed E-state index contributed by atoms with van der Waals surface area (Å²) < 4.78 is 1.08. The third-order valence-electron chi connectivity index (χ3n) is 1.81. The second kappa shape index (κ2) is 2.90. The van der Waals surface area contributed by atoms with Crippen molar-refractivity contribution in [3.63, 3.8) is 0 Å². The third-order valence-corrected chi connectivity index (χ3v) is 2.69. The molecule has 0 saturated carbocycles. The minimum absolute atomic E-state index is 0.578. The first-order valence-electron chi connectivity index (χ1n) is 3.61. The lowest BCUT2D eigenvalue weighted by atomic mass is 9.78. The van der Waals surface area contributed by atoms with Gasteiger partial charge in [0.05, 0.1) is 0 Å². The zero-order chi connectivity index (χ0) is 8.55. The first-order valence-corrected chi connectivity index (χ1v) is 4.49. The first-order chi connectivity index (χ1) is 5.79. The Bertz CT molecular complexity index is 397. The van der Waals surface area contributed by atoms with Gasteiger partial charge in [-0.05, 0) is 28.4 Å². The van der Waals surface area contributed by atoms with Gasteiger partial charge in [0, 0.05) is 4.70 Å². The number of thiophene rings is 1. The number of rotatable bonds is 1. The highest BCUT2D eigenvalue weighted by Gasteiger charge is 2.13. The second-order valence-corrected chi connectivity index (χ2v) is 3.50. The van der Waals surface area contributed by atoms with Crippen LogP contribution in [0.1, 0.15) is 0 Å². The van der Waals surface area contributed by atoms with E-state index in [9.17, 15) is 0 Å². The van der Waals surface area contributed by atoms with Crippen LogP contribution in [0.5, 0.6) is 0 Å². The second-order valence-electron chi connectivity index (χ2n) is 2.55. The summed E-state index contributed by atoms with van der Waals surface area (Å²) in [6.45, 7) is 0. The summed E-state index contributed by atoms with van der Waals surface area (Å²) in [5.74, 6) is 0. The topological polar surface area (TPSA) is 40.5 Å². The fourth-order valence-electron chi connectivity index (χ4n) is 1.24. The van der Waals surface area contributed by atoms with E-state index in [-0.39, 0.29) is 0 Å². The molecule has 0 amide bonds. The summed E-state index contributed by atoms with van der Waals surface area (Å²) in [5.41, 5.74) is 0.578. The molecular formula is C8H7BO2S. The van der Waals surface area contributed by atoms with Gasteiger partial charge < -0.3 is 10.0 Å². The molecule has 0 spiro atoms. The summed E-state index contributed by atoms with van der Waals surface area (Å²) in [6, 6.07) is 7.41. The van der Waals surface area contributed by atoms with Gasteiger partial charge in [-0.25, -0.2) is 0 Å². The van der Waals surface area contributed by atoms with Crippen molar-refractivity contribution in [1.29, 1.82) is 0 Å². The van der Waals surface area contributed by atoms with E-state index in [2.05, 4.69) is 0 Å². The van der Waals surface area contributed by atoms with Crippen LogP contribution in [0.3, 0.4) is 0 Å². The normalized spacial score (nSPS) is 10.5. The number of hydrogen-bond donors (Lipinski definition) is 2. The van der Waals surface area contributed by atoms with Crippen molar-refractivity contribution < 1.29 is 10.0 Å². The molecule has 1 aromatic heterocycles. The molecule has 2 aromatic rings. The van der Waals surface area contributed by atoms with Crippen LogP contribution in [0.25, 0.3) is 10.1 Å². The van der Waals surface area contributed by atoms with Crippen LogP contribution in [0, 0.1) is 0 Å². The van der Waals surface area contributed by atoms with Gasteiger partial charge in [0.15, 0.2) is 0 Å². The van der Waals surface area contributed by atoms with E-state index in [1.165, 1.54) is 0 Å². The number of hydrogen-bond acceptors (Lipinski definition) is 3. The molecule has 2 rings (SSSR count). The Morgan fingerprint density at radius 1 is 1.17 bits per heavy atom. The predicted octanol–water partition coefficient (Wildman–Crippen LogP) is 0.581. The van der Waals surface area contributed by atoms with Crippen molar-refractivity contribution in [1.82, 2.24) is 0 Å². The Hall–Kier alpha value is -0.835. The molecule has 0 aliphatic heterocycles. The lowest BCUT2D eigenvalue weighted by molar-refractivity contribution is 0.426. The molecule has 1 aromatic carbocycles. The highest BCUT2D eigenvalue weighted by atomic mass is 32.1. The van der Waals surface area contributed by atoms with Crippen LogP contribution >= 0.6 is 11.3 Å². The molecule has 2 N–H and O–H groups in total. The van der Waals surface area contributed by atoms with E-state index >= 15 is 0 Å². The minimum Gasteiger partial charge on any atom is -0.423 e. The highest BCUT2D eigenvalue weighted by Crippen LogP contribution is 2.18. The molecule has 0 bridgehead atoms. The van der Waals surface area contributed by atoms with Gasteiger partial charge >= 0.3 is 7.12 Å². The Kier molecular flexibility index (Phi) is 1.88. The van der Waals surface area contributed by atoms with Gasteiger partial charge in [0.1, 0.15) is 0 Å². The molecule has 0 atom stereocenters. The molecule has 0 aliphatic carbocycles. The zero-order valence-corrected chi connectivity index (χ0v) is 7.08. The van der Waals surface area contributed by atoms with Gasteiger partial charge in [0.25, 0.3) is 0 Å². The molecular weight excluding hydrogens is 171 g/mol. The smallest absolute Gasteiger partial charge is 0.423 e. The van der Waals surface area contributed by atoms with Gasteiger partial charge in [0.2, 0.25) is 0 Å². The van der Waals surface area contributed by atoms with E-state index in [1.54, 1.807) is 17.4 Å². The average Bonchev–Trinajstić information content (AvgIpc) is 2.49. The standard InChI is InChI=1S/C8H7BO2S/c10-9(11)7-2-1-3-8-6(7)4-5-12-8/h1-5,10-11H. The summed E-state index contributed by atoms with van der Waals surface area (Å²) in [4.78, 5) is 0. The van der Waals surface area contributed by atoms with E-state index in [0.717, 1.165) is 10.1 Å². The lowest BCUT2D eigenvalue weighted by Gasteiger charge is -1.99. The molecule has 4 heteroatoms. The van der Waals surface area contributed by atoms with E-state index < -0.39 is 7.12 Å². The van der Waals surface area contributed by atoms with Crippen molar-refractivity contribution in [2.45, 2.75) is 0 Å². The fourth-order valence-corrected chi connectivity index (χ4v) is 2.06. The van der Waals surface area contributed by atoms with Crippen molar-refractivity contribution in [3.8, 4) is 0 Å². The van der Waals surface area contributed by atoms with Crippen LogP contribution < -0.4 is 5.46 Å². The highest BCUT2D eigenvalue weighted by molar-refractivity contribution is 7.17. The zero-order valence-electron chi connectivity index (χ0n) is 6.27. The van der Waals surface area contributed by atoms with Crippen LogP contribution in [-0.4, -0.2) is 17.2 Å². The largest absolute Gasteiger partial charge is 0.489 e. The molecule has 12 heavy (non-hydrogen) atoms. The first kappa shape index (κ1) is 7.80. The maximum atomic E-state index is 9.00. The quantitative estimate of drug-likeness (QED) is 0.627. The molecule has 0 unspecified atom stereocenters. The van der Waals surface area contributed by atoms with Crippen molar-refractivity contribution in [3.05, 3.63) is 29.6 Å². The molecule has 60 valence electrons. The van der Waals surface area contributed by atoms with E-state index in [4.69, 9.17) is 10.0 Å². The Balaban J connectivity index is 2.73. The Morgan fingerprint density at radius 3 is 2.75 bits per heavy atom. The predicted molar refractivity (Wildman–Crippen MR) is 51.7 cm³/mol. The van der Waals surface area contributed by atoms with Crippen molar-refractivity contribution in [2.75, 3.05) is 0 Å². The van der Waals surface area contributed by atoms with Crippen molar-refractivity contribution >= 4 is 34.0 Å². The van der Waals surface area contributed by atoms with E-state index in [0.29, 0.717) is 5.46 Å². The van der Waals surface area contributed by atoms with Crippen LogP contribution in [-0.2, 0) is 0 Å². The van der Waals surface area contributed by atoms with Crippen LogP contribution in [0.2, 0.25) is 0 Å². The maximum absolute atomic E-state index is 9.00. The molecule has 0 aliphatic rings. The minimum atomic E-state index is -1.37. The molecule has 0 saturated heterocycles. The van der Waals surface area contributed by atoms with Gasteiger partial charge in [-0.3, -0.25) is 0 Å². The molecule has 0 fully saturated rings. The summed E-state index contributed by atoms with van der Waals surface area (Å²) >= 11 is 1.60. The van der Waals surface area contributed by atoms with Crippen LogP contribution in [0.15, 0.2) is 29.6 Å². The van der Waals surface area contributed by atoms with Gasteiger partial charge in [-0.15, -0.1) is 11.3 Å².